The minimum atomic E-state index is -0.246. The number of hydrogen-bond donors (Lipinski definition) is 1. The van der Waals surface area contributed by atoms with E-state index in [2.05, 4.69) is 0 Å². The molecule has 1 amide bonds. The van der Waals surface area contributed by atoms with Crippen molar-refractivity contribution in [2.24, 2.45) is 11.7 Å². The molecule has 12 heavy (non-hydrogen) atoms. The Morgan fingerprint density at radius 3 is 2.67 bits per heavy atom. The first-order valence-corrected chi connectivity index (χ1v) is 4.32. The fourth-order valence-electron chi connectivity index (χ4n) is 0.956. The molecule has 1 aliphatic heterocycles. The number of nitrogens with two attached hydrogens (primary N) is 1. The lowest BCUT2D eigenvalue weighted by Gasteiger charge is -2.28. The summed E-state index contributed by atoms with van der Waals surface area (Å²) in [7, 11) is 1.71. The summed E-state index contributed by atoms with van der Waals surface area (Å²) < 4.78 is 4.80. The molecule has 4 heteroatoms. The highest BCUT2D eigenvalue weighted by Crippen LogP contribution is 2.06. The molecule has 1 fully saturated rings. The van der Waals surface area contributed by atoms with Gasteiger partial charge in [-0.3, -0.25) is 0 Å². The van der Waals surface area contributed by atoms with Crippen LogP contribution in [-0.4, -0.2) is 37.7 Å². The molecule has 0 saturated carbocycles. The van der Waals surface area contributed by atoms with Gasteiger partial charge in [0.15, 0.2) is 0 Å². The van der Waals surface area contributed by atoms with Crippen molar-refractivity contribution in [3.05, 3.63) is 0 Å². The van der Waals surface area contributed by atoms with Crippen molar-refractivity contribution in [3.63, 3.8) is 0 Å². The zero-order valence-electron chi connectivity index (χ0n) is 8.04. The number of cyclic esters (lactones) is 1. The molecule has 4 nitrogen and oxygen atoms in total. The fourth-order valence-corrected chi connectivity index (χ4v) is 0.956. The van der Waals surface area contributed by atoms with Crippen LogP contribution in [0.3, 0.4) is 0 Å². The normalized spacial score (nSPS) is 22.5. The average Bonchev–Trinajstić information content (AvgIpc) is 2.13. The van der Waals surface area contributed by atoms with Crippen molar-refractivity contribution in [2.75, 3.05) is 26.7 Å². The topological polar surface area (TPSA) is 55.6 Å². The van der Waals surface area contributed by atoms with Crippen LogP contribution in [0.1, 0.15) is 13.8 Å². The molecule has 72 valence electrons. The highest BCUT2D eigenvalue weighted by molar-refractivity contribution is 5.67. The molecular weight excluding hydrogens is 156 g/mol. The Bertz CT molecular complexity index is 139. The van der Waals surface area contributed by atoms with Gasteiger partial charge in [-0.15, -0.1) is 0 Å². The average molecular weight is 174 g/mol. The van der Waals surface area contributed by atoms with Crippen molar-refractivity contribution in [1.82, 2.24) is 4.90 Å². The number of amides is 1. The summed E-state index contributed by atoms with van der Waals surface area (Å²) >= 11 is 0. The molecule has 1 rings (SSSR count). The third kappa shape index (κ3) is 3.09. The molecule has 0 aromatic carbocycles. The summed E-state index contributed by atoms with van der Waals surface area (Å²) in [6, 6.07) is 0. The largest absolute Gasteiger partial charge is 0.449 e. The maximum absolute atomic E-state index is 10.7. The number of carbonyl (C=O) groups excluding carboxylic acids is 1. The van der Waals surface area contributed by atoms with Gasteiger partial charge in [0.05, 0.1) is 6.61 Å². The highest BCUT2D eigenvalue weighted by atomic mass is 16.6. The van der Waals surface area contributed by atoms with Crippen LogP contribution >= 0.6 is 0 Å². The third-order valence-corrected chi connectivity index (χ3v) is 1.62. The van der Waals surface area contributed by atoms with Gasteiger partial charge in [-0.05, 0) is 0 Å². The number of hydrogen-bond acceptors (Lipinski definition) is 3. The van der Waals surface area contributed by atoms with E-state index in [-0.39, 0.29) is 6.09 Å². The van der Waals surface area contributed by atoms with Crippen LogP contribution in [0.25, 0.3) is 0 Å². The standard InChI is InChI=1S/C6H12N2O2.C2H6/c1-8-3-5(2-7)4-10-6(8)9;1-2/h5H,2-4,7H2,1H3;1-2H3. The van der Waals surface area contributed by atoms with E-state index < -0.39 is 0 Å². The van der Waals surface area contributed by atoms with Gasteiger partial charge in [0.25, 0.3) is 0 Å². The maximum Gasteiger partial charge on any atom is 0.409 e. The van der Waals surface area contributed by atoms with Crippen LogP contribution in [0.2, 0.25) is 0 Å². The first-order chi connectivity index (χ1) is 5.74. The van der Waals surface area contributed by atoms with Crippen LogP contribution < -0.4 is 5.73 Å². The molecule has 0 spiro atoms. The maximum atomic E-state index is 10.7. The van der Waals surface area contributed by atoms with Gasteiger partial charge in [0, 0.05) is 26.1 Å². The second-order valence-corrected chi connectivity index (χ2v) is 2.56. The summed E-state index contributed by atoms with van der Waals surface area (Å²) in [6.45, 7) is 5.77. The molecule has 1 heterocycles. The predicted molar refractivity (Wildman–Crippen MR) is 47.9 cm³/mol. The molecule has 0 aromatic rings. The first kappa shape index (κ1) is 11.2. The number of rotatable bonds is 1. The Morgan fingerprint density at radius 2 is 2.25 bits per heavy atom. The smallest absolute Gasteiger partial charge is 0.409 e. The van der Waals surface area contributed by atoms with Crippen LogP contribution in [0.5, 0.6) is 0 Å². The highest BCUT2D eigenvalue weighted by Gasteiger charge is 2.22. The van der Waals surface area contributed by atoms with Gasteiger partial charge < -0.3 is 15.4 Å². The molecule has 0 aliphatic carbocycles. The second kappa shape index (κ2) is 5.83. The molecule has 2 N–H and O–H groups in total. The lowest BCUT2D eigenvalue weighted by Crippen LogP contribution is -2.43. The van der Waals surface area contributed by atoms with Gasteiger partial charge in [-0.1, -0.05) is 13.8 Å². The van der Waals surface area contributed by atoms with Crippen LogP contribution in [0, 0.1) is 5.92 Å². The van der Waals surface area contributed by atoms with Gasteiger partial charge in [0.2, 0.25) is 0 Å². The molecule has 0 aromatic heterocycles. The SMILES string of the molecule is CC.CN1CC(CN)COC1=O. The molecular formula is C8H18N2O2. The Hall–Kier alpha value is -0.770. The summed E-state index contributed by atoms with van der Waals surface area (Å²) in [5.74, 6) is 0.308. The van der Waals surface area contributed by atoms with Gasteiger partial charge in [-0.2, -0.15) is 0 Å². The van der Waals surface area contributed by atoms with E-state index in [9.17, 15) is 4.79 Å². The summed E-state index contributed by atoms with van der Waals surface area (Å²) in [5.41, 5.74) is 5.39. The zero-order valence-corrected chi connectivity index (χ0v) is 8.04. The van der Waals surface area contributed by atoms with E-state index in [1.807, 2.05) is 13.8 Å². The monoisotopic (exact) mass is 174 g/mol. The fraction of sp³-hybridized carbons (Fsp3) is 0.875. The number of ether oxygens (including phenoxy) is 1. The van der Waals surface area contributed by atoms with E-state index in [0.29, 0.717) is 19.1 Å². The lowest BCUT2D eigenvalue weighted by atomic mass is 10.1. The van der Waals surface area contributed by atoms with E-state index in [4.69, 9.17) is 10.5 Å². The van der Waals surface area contributed by atoms with Gasteiger partial charge in [0.1, 0.15) is 0 Å². The first-order valence-electron chi connectivity index (χ1n) is 4.32. The molecule has 0 radical (unpaired) electrons. The number of carbonyl (C=O) groups is 1. The Morgan fingerprint density at radius 1 is 1.67 bits per heavy atom. The Balaban J connectivity index is 0.000000561. The zero-order chi connectivity index (χ0) is 9.56. The molecule has 1 unspecified atom stereocenters. The van der Waals surface area contributed by atoms with Crippen molar-refractivity contribution in [2.45, 2.75) is 13.8 Å². The summed E-state index contributed by atoms with van der Waals surface area (Å²) in [6.07, 6.45) is -0.246. The summed E-state index contributed by atoms with van der Waals surface area (Å²) in [4.78, 5) is 12.3. The van der Waals surface area contributed by atoms with E-state index in [1.54, 1.807) is 11.9 Å². The number of nitrogens with zero attached hydrogens (tertiary/aromatic N) is 1. The van der Waals surface area contributed by atoms with Gasteiger partial charge >= 0.3 is 6.09 Å². The molecule has 1 saturated heterocycles. The van der Waals surface area contributed by atoms with Crippen molar-refractivity contribution in [1.29, 1.82) is 0 Å². The minimum absolute atomic E-state index is 0.246. The second-order valence-electron chi connectivity index (χ2n) is 2.56. The van der Waals surface area contributed by atoms with Crippen LogP contribution in [-0.2, 0) is 4.74 Å². The van der Waals surface area contributed by atoms with E-state index in [0.717, 1.165) is 6.54 Å². The predicted octanol–water partition coefficient (Wildman–Crippen LogP) is 0.670. The van der Waals surface area contributed by atoms with Crippen molar-refractivity contribution in [3.8, 4) is 0 Å². The minimum Gasteiger partial charge on any atom is -0.449 e. The van der Waals surface area contributed by atoms with E-state index >= 15 is 0 Å². The molecule has 1 aliphatic rings. The van der Waals surface area contributed by atoms with Crippen molar-refractivity contribution < 1.29 is 9.53 Å². The quantitative estimate of drug-likeness (QED) is 0.635. The third-order valence-electron chi connectivity index (χ3n) is 1.62. The molecule has 0 bridgehead atoms. The Labute approximate surface area is 73.7 Å². The van der Waals surface area contributed by atoms with Crippen molar-refractivity contribution >= 4 is 6.09 Å². The molecule has 1 atom stereocenters. The van der Waals surface area contributed by atoms with Gasteiger partial charge in [-0.25, -0.2) is 4.79 Å². The summed E-state index contributed by atoms with van der Waals surface area (Å²) in [5, 5.41) is 0. The van der Waals surface area contributed by atoms with Crippen LogP contribution in [0.4, 0.5) is 4.79 Å². The van der Waals surface area contributed by atoms with Crippen LogP contribution in [0.15, 0.2) is 0 Å². The van der Waals surface area contributed by atoms with E-state index in [1.165, 1.54) is 0 Å². The Kier molecular flexibility index (Phi) is 5.45. The lowest BCUT2D eigenvalue weighted by molar-refractivity contribution is 0.0555.